The predicted molar refractivity (Wildman–Crippen MR) is 83.5 cm³/mol. The second kappa shape index (κ2) is 7.48. The first kappa shape index (κ1) is 15.1. The summed E-state index contributed by atoms with van der Waals surface area (Å²) in [6.45, 7) is 7.70. The molecule has 1 aliphatic heterocycles. The molecule has 1 aromatic heterocycles. The summed E-state index contributed by atoms with van der Waals surface area (Å²) in [5, 5.41) is 3.58. The van der Waals surface area contributed by atoms with E-state index < -0.39 is 0 Å². The van der Waals surface area contributed by atoms with Crippen LogP contribution in [0, 0.1) is 5.92 Å². The molecule has 0 bridgehead atoms. The third kappa shape index (κ3) is 4.10. The lowest BCUT2D eigenvalue weighted by Crippen LogP contribution is -2.46. The maximum atomic E-state index is 5.24. The van der Waals surface area contributed by atoms with Crippen LogP contribution in [0.5, 0.6) is 5.88 Å². The van der Waals surface area contributed by atoms with Gasteiger partial charge in [-0.1, -0.05) is 19.9 Å². The van der Waals surface area contributed by atoms with Crippen LogP contribution in [-0.2, 0) is 0 Å². The summed E-state index contributed by atoms with van der Waals surface area (Å²) < 4.78 is 5.24. The molecule has 2 heterocycles. The molecule has 1 saturated heterocycles. The molecule has 1 atom stereocenters. The molecule has 20 heavy (non-hydrogen) atoms. The summed E-state index contributed by atoms with van der Waals surface area (Å²) in [4.78, 5) is 7.01. The van der Waals surface area contributed by atoms with Crippen LogP contribution in [0.3, 0.4) is 0 Å². The molecule has 0 spiro atoms. The highest BCUT2D eigenvalue weighted by Gasteiger charge is 2.23. The number of piperidine rings is 1. The Balaban J connectivity index is 2.01. The van der Waals surface area contributed by atoms with E-state index in [1.807, 2.05) is 12.1 Å². The molecule has 0 radical (unpaired) electrons. The first-order valence-corrected chi connectivity index (χ1v) is 7.69. The van der Waals surface area contributed by atoms with Crippen molar-refractivity contribution in [3.63, 3.8) is 0 Å². The number of ether oxygens (including phenoxy) is 1. The van der Waals surface area contributed by atoms with Crippen LogP contribution in [0.2, 0.25) is 0 Å². The molecule has 1 fully saturated rings. The van der Waals surface area contributed by atoms with E-state index in [9.17, 15) is 0 Å². The van der Waals surface area contributed by atoms with E-state index in [4.69, 9.17) is 4.74 Å². The lowest BCUT2D eigenvalue weighted by molar-refractivity contribution is 0.392. The zero-order valence-corrected chi connectivity index (χ0v) is 12.9. The van der Waals surface area contributed by atoms with Gasteiger partial charge in [0.25, 0.3) is 0 Å². The van der Waals surface area contributed by atoms with E-state index in [0.717, 1.165) is 25.5 Å². The van der Waals surface area contributed by atoms with Crippen LogP contribution < -0.4 is 15.0 Å². The van der Waals surface area contributed by atoms with Gasteiger partial charge in [-0.15, -0.1) is 0 Å². The van der Waals surface area contributed by atoms with E-state index in [0.29, 0.717) is 17.8 Å². The summed E-state index contributed by atoms with van der Waals surface area (Å²) in [6.07, 6.45) is 3.80. The molecule has 2 rings (SSSR count). The number of nitrogens with one attached hydrogen (secondary N) is 1. The molecule has 0 saturated carbocycles. The number of nitrogens with zero attached hydrogens (tertiary/aromatic N) is 2. The molecule has 112 valence electrons. The van der Waals surface area contributed by atoms with Crippen LogP contribution in [0.15, 0.2) is 18.2 Å². The zero-order valence-electron chi connectivity index (χ0n) is 12.9. The van der Waals surface area contributed by atoms with Gasteiger partial charge in [-0.2, -0.15) is 4.98 Å². The monoisotopic (exact) mass is 277 g/mol. The Labute approximate surface area is 122 Å². The van der Waals surface area contributed by atoms with E-state index in [1.165, 1.54) is 19.3 Å². The number of methoxy groups -OCH3 is 1. The average Bonchev–Trinajstić information content (AvgIpc) is 2.47. The highest BCUT2D eigenvalue weighted by Crippen LogP contribution is 2.24. The minimum Gasteiger partial charge on any atom is -0.481 e. The van der Waals surface area contributed by atoms with Crippen molar-refractivity contribution in [1.29, 1.82) is 0 Å². The van der Waals surface area contributed by atoms with Crippen molar-refractivity contribution >= 4 is 5.82 Å². The van der Waals surface area contributed by atoms with Gasteiger partial charge >= 0.3 is 0 Å². The lowest BCUT2D eigenvalue weighted by Gasteiger charge is -2.37. The molecule has 1 aromatic rings. The Morgan fingerprint density at radius 1 is 1.40 bits per heavy atom. The summed E-state index contributed by atoms with van der Waals surface area (Å²) in [5.74, 6) is 2.43. The second-order valence-corrected chi connectivity index (χ2v) is 5.93. The summed E-state index contributed by atoms with van der Waals surface area (Å²) in [7, 11) is 1.67. The quantitative estimate of drug-likeness (QED) is 0.867. The lowest BCUT2D eigenvalue weighted by atomic mass is 10.0. The number of anilines is 1. The van der Waals surface area contributed by atoms with Crippen molar-refractivity contribution in [2.24, 2.45) is 5.92 Å². The molecule has 1 N–H and O–H groups in total. The first-order valence-electron chi connectivity index (χ1n) is 7.69. The molecular weight excluding hydrogens is 250 g/mol. The number of rotatable bonds is 6. The Hall–Kier alpha value is -1.29. The molecular formula is C16H27N3O. The minimum absolute atomic E-state index is 0.544. The maximum absolute atomic E-state index is 5.24. The van der Waals surface area contributed by atoms with Gasteiger partial charge in [0, 0.05) is 25.2 Å². The second-order valence-electron chi connectivity index (χ2n) is 5.93. The Morgan fingerprint density at radius 3 is 3.00 bits per heavy atom. The first-order chi connectivity index (χ1) is 9.70. The summed E-state index contributed by atoms with van der Waals surface area (Å²) >= 11 is 0. The van der Waals surface area contributed by atoms with Crippen molar-refractivity contribution in [1.82, 2.24) is 10.3 Å². The predicted octanol–water partition coefficient (Wildman–Crippen LogP) is 2.69. The fraction of sp³-hybridized carbons (Fsp3) is 0.688. The normalized spacial score (nSPS) is 19.4. The topological polar surface area (TPSA) is 37.4 Å². The fourth-order valence-electron chi connectivity index (χ4n) is 2.73. The van der Waals surface area contributed by atoms with Crippen LogP contribution >= 0.6 is 0 Å². The standard InChI is InChI=1S/C16H27N3O/c1-13(2)11-17-12-14-7-4-5-10-19(14)15-8-6-9-16(18-15)20-3/h6,8-9,13-14,17H,4-5,7,10-12H2,1-3H3. The Morgan fingerprint density at radius 2 is 2.25 bits per heavy atom. The molecule has 1 unspecified atom stereocenters. The smallest absolute Gasteiger partial charge is 0.214 e. The summed E-state index contributed by atoms with van der Waals surface area (Å²) in [6, 6.07) is 6.55. The van der Waals surface area contributed by atoms with Crippen molar-refractivity contribution in [2.45, 2.75) is 39.2 Å². The van der Waals surface area contributed by atoms with Crippen molar-refractivity contribution < 1.29 is 4.74 Å². The van der Waals surface area contributed by atoms with Gasteiger partial charge in [0.2, 0.25) is 5.88 Å². The fourth-order valence-corrected chi connectivity index (χ4v) is 2.73. The van der Waals surface area contributed by atoms with Gasteiger partial charge in [0.05, 0.1) is 7.11 Å². The number of aromatic nitrogens is 1. The van der Waals surface area contributed by atoms with Gasteiger partial charge in [-0.05, 0) is 37.8 Å². The van der Waals surface area contributed by atoms with E-state index in [1.54, 1.807) is 7.11 Å². The number of hydrogen-bond donors (Lipinski definition) is 1. The van der Waals surface area contributed by atoms with Gasteiger partial charge in [-0.25, -0.2) is 0 Å². The molecule has 4 heteroatoms. The van der Waals surface area contributed by atoms with Crippen LogP contribution in [0.1, 0.15) is 33.1 Å². The van der Waals surface area contributed by atoms with Crippen molar-refractivity contribution in [3.8, 4) is 5.88 Å². The minimum atomic E-state index is 0.544. The Bertz CT molecular complexity index is 408. The molecule has 1 aliphatic rings. The van der Waals surface area contributed by atoms with Gasteiger partial charge in [0.15, 0.2) is 0 Å². The van der Waals surface area contributed by atoms with E-state index in [-0.39, 0.29) is 0 Å². The molecule has 4 nitrogen and oxygen atoms in total. The maximum Gasteiger partial charge on any atom is 0.214 e. The number of hydrogen-bond acceptors (Lipinski definition) is 4. The summed E-state index contributed by atoms with van der Waals surface area (Å²) in [5.41, 5.74) is 0. The van der Waals surface area contributed by atoms with Gasteiger partial charge in [0.1, 0.15) is 5.82 Å². The van der Waals surface area contributed by atoms with E-state index >= 15 is 0 Å². The number of pyridine rings is 1. The van der Waals surface area contributed by atoms with Crippen molar-refractivity contribution in [3.05, 3.63) is 18.2 Å². The third-order valence-corrected chi connectivity index (χ3v) is 3.77. The van der Waals surface area contributed by atoms with E-state index in [2.05, 4.69) is 35.1 Å². The van der Waals surface area contributed by atoms with Crippen molar-refractivity contribution in [2.75, 3.05) is 31.6 Å². The van der Waals surface area contributed by atoms with Crippen LogP contribution in [-0.4, -0.2) is 37.8 Å². The van der Waals surface area contributed by atoms with Gasteiger partial charge in [-0.3, -0.25) is 0 Å². The Kier molecular flexibility index (Phi) is 5.65. The highest BCUT2D eigenvalue weighted by atomic mass is 16.5. The largest absolute Gasteiger partial charge is 0.481 e. The molecule has 0 aromatic carbocycles. The third-order valence-electron chi connectivity index (χ3n) is 3.77. The van der Waals surface area contributed by atoms with Gasteiger partial charge < -0.3 is 15.0 Å². The van der Waals surface area contributed by atoms with Crippen LogP contribution in [0.25, 0.3) is 0 Å². The molecule has 0 aliphatic carbocycles. The highest BCUT2D eigenvalue weighted by molar-refractivity contribution is 5.42. The zero-order chi connectivity index (χ0) is 14.4. The molecule has 0 amide bonds. The van der Waals surface area contributed by atoms with Crippen LogP contribution in [0.4, 0.5) is 5.82 Å². The SMILES string of the molecule is COc1cccc(N2CCCCC2CNCC(C)C)n1. The average molecular weight is 277 g/mol.